The van der Waals surface area contributed by atoms with Crippen LogP contribution in [0.15, 0.2) is 53.1 Å². The molecule has 1 heterocycles. The van der Waals surface area contributed by atoms with Crippen molar-refractivity contribution in [2.75, 3.05) is 0 Å². The number of hydrogen-bond acceptors (Lipinski definition) is 4. The van der Waals surface area contributed by atoms with Crippen molar-refractivity contribution in [3.63, 3.8) is 0 Å². The van der Waals surface area contributed by atoms with Crippen LogP contribution < -0.4 is 10.5 Å². The molecular formula is C16H15NO3. The van der Waals surface area contributed by atoms with Crippen LogP contribution in [-0.2, 0) is 13.2 Å². The largest absolute Gasteiger partial charge is 0.504 e. The second-order valence-corrected chi connectivity index (χ2v) is 4.55. The van der Waals surface area contributed by atoms with Crippen molar-refractivity contribution in [3.05, 3.63) is 59.9 Å². The number of nitrogens with two attached hydrogens (primary N) is 1. The summed E-state index contributed by atoms with van der Waals surface area (Å²) in [7, 11) is 0. The van der Waals surface area contributed by atoms with Crippen molar-refractivity contribution >= 4 is 11.0 Å². The van der Waals surface area contributed by atoms with E-state index in [0.717, 1.165) is 22.1 Å². The van der Waals surface area contributed by atoms with Crippen molar-refractivity contribution in [1.29, 1.82) is 0 Å². The van der Waals surface area contributed by atoms with Gasteiger partial charge in [0, 0.05) is 17.5 Å². The molecule has 0 aliphatic heterocycles. The number of phenols is 1. The monoisotopic (exact) mass is 269 g/mol. The van der Waals surface area contributed by atoms with Crippen LogP contribution in [0.3, 0.4) is 0 Å². The average Bonchev–Trinajstić information content (AvgIpc) is 2.88. The molecule has 0 unspecified atom stereocenters. The highest BCUT2D eigenvalue weighted by atomic mass is 16.5. The fraction of sp³-hybridized carbons (Fsp3) is 0.125. The normalized spacial score (nSPS) is 10.8. The third kappa shape index (κ3) is 2.33. The van der Waals surface area contributed by atoms with E-state index in [9.17, 15) is 5.11 Å². The van der Waals surface area contributed by atoms with E-state index in [1.807, 2.05) is 24.3 Å². The van der Waals surface area contributed by atoms with Gasteiger partial charge in [-0.05, 0) is 29.8 Å². The van der Waals surface area contributed by atoms with E-state index in [1.165, 1.54) is 0 Å². The topological polar surface area (TPSA) is 68.6 Å². The molecule has 102 valence electrons. The van der Waals surface area contributed by atoms with Crippen LogP contribution in [0.1, 0.15) is 11.1 Å². The number of hydrogen-bond donors (Lipinski definition) is 2. The van der Waals surface area contributed by atoms with Gasteiger partial charge in [-0.1, -0.05) is 18.2 Å². The summed E-state index contributed by atoms with van der Waals surface area (Å²) in [5, 5.41) is 10.7. The summed E-state index contributed by atoms with van der Waals surface area (Å²) in [5.74, 6) is 0.583. The molecule has 0 amide bonds. The van der Waals surface area contributed by atoms with Crippen LogP contribution in [-0.4, -0.2) is 5.11 Å². The minimum atomic E-state index is 0.128. The van der Waals surface area contributed by atoms with Crippen molar-refractivity contribution < 1.29 is 14.3 Å². The Hall–Kier alpha value is -2.46. The van der Waals surface area contributed by atoms with E-state index in [4.69, 9.17) is 14.9 Å². The minimum Gasteiger partial charge on any atom is -0.504 e. The number of ether oxygens (including phenoxy) is 1. The number of furan rings is 1. The Morgan fingerprint density at radius 1 is 1.15 bits per heavy atom. The molecule has 2 aromatic carbocycles. The van der Waals surface area contributed by atoms with Crippen molar-refractivity contribution in [3.8, 4) is 11.5 Å². The predicted molar refractivity (Wildman–Crippen MR) is 76.5 cm³/mol. The molecule has 3 N–H and O–H groups in total. The Morgan fingerprint density at radius 3 is 2.80 bits per heavy atom. The molecule has 0 spiro atoms. The molecule has 0 saturated carbocycles. The Balaban J connectivity index is 1.86. The molecule has 4 nitrogen and oxygen atoms in total. The van der Waals surface area contributed by atoms with Crippen molar-refractivity contribution in [1.82, 2.24) is 0 Å². The molecule has 0 aliphatic carbocycles. The van der Waals surface area contributed by atoms with Gasteiger partial charge in [0.05, 0.1) is 6.26 Å². The molecule has 4 heteroatoms. The molecule has 0 bridgehead atoms. The van der Waals surface area contributed by atoms with Crippen LogP contribution in [0, 0.1) is 0 Å². The fourth-order valence-corrected chi connectivity index (χ4v) is 2.10. The second-order valence-electron chi connectivity index (χ2n) is 4.55. The summed E-state index contributed by atoms with van der Waals surface area (Å²) in [6.07, 6.45) is 1.67. The van der Waals surface area contributed by atoms with Crippen LogP contribution in [0.5, 0.6) is 11.5 Å². The first kappa shape index (κ1) is 12.6. The lowest BCUT2D eigenvalue weighted by Crippen LogP contribution is -1.97. The van der Waals surface area contributed by atoms with E-state index in [2.05, 4.69) is 0 Å². The van der Waals surface area contributed by atoms with Crippen LogP contribution in [0.2, 0.25) is 0 Å². The molecule has 0 fully saturated rings. The van der Waals surface area contributed by atoms with Gasteiger partial charge < -0.3 is 20.0 Å². The summed E-state index contributed by atoms with van der Waals surface area (Å²) in [4.78, 5) is 0. The number of benzene rings is 2. The average molecular weight is 269 g/mol. The number of phenolic OH excluding ortho intramolecular Hbond substituents is 1. The van der Waals surface area contributed by atoms with Crippen molar-refractivity contribution in [2.45, 2.75) is 13.2 Å². The van der Waals surface area contributed by atoms with E-state index >= 15 is 0 Å². The van der Waals surface area contributed by atoms with Gasteiger partial charge in [-0.25, -0.2) is 0 Å². The highest BCUT2D eigenvalue weighted by Gasteiger charge is 2.08. The molecule has 0 saturated heterocycles. The van der Waals surface area contributed by atoms with Gasteiger partial charge in [-0.3, -0.25) is 0 Å². The van der Waals surface area contributed by atoms with Gasteiger partial charge >= 0.3 is 0 Å². The summed E-state index contributed by atoms with van der Waals surface area (Å²) < 4.78 is 11.1. The van der Waals surface area contributed by atoms with Crippen molar-refractivity contribution in [2.24, 2.45) is 5.73 Å². The van der Waals surface area contributed by atoms with Gasteiger partial charge in [0.1, 0.15) is 12.2 Å². The first-order valence-corrected chi connectivity index (χ1v) is 6.38. The van der Waals surface area contributed by atoms with Gasteiger partial charge in [0.2, 0.25) is 0 Å². The van der Waals surface area contributed by atoms with Crippen LogP contribution >= 0.6 is 0 Å². The lowest BCUT2D eigenvalue weighted by molar-refractivity contribution is 0.289. The number of rotatable bonds is 4. The summed E-state index contributed by atoms with van der Waals surface area (Å²) >= 11 is 0. The second kappa shape index (κ2) is 5.27. The quantitative estimate of drug-likeness (QED) is 0.763. The van der Waals surface area contributed by atoms with E-state index < -0.39 is 0 Å². The third-order valence-electron chi connectivity index (χ3n) is 3.20. The van der Waals surface area contributed by atoms with Gasteiger partial charge in [0.25, 0.3) is 0 Å². The summed E-state index contributed by atoms with van der Waals surface area (Å²) in [5.41, 5.74) is 8.43. The Morgan fingerprint density at radius 2 is 2.00 bits per heavy atom. The van der Waals surface area contributed by atoms with Crippen LogP contribution in [0.25, 0.3) is 11.0 Å². The molecular weight excluding hydrogens is 254 g/mol. The highest BCUT2D eigenvalue weighted by Crippen LogP contribution is 2.28. The number of para-hydroxylation sites is 2. The molecule has 0 radical (unpaired) electrons. The smallest absolute Gasteiger partial charge is 0.161 e. The Kier molecular flexibility index (Phi) is 3.31. The maximum Gasteiger partial charge on any atom is 0.161 e. The highest BCUT2D eigenvalue weighted by molar-refractivity contribution is 5.81. The first-order valence-electron chi connectivity index (χ1n) is 6.38. The third-order valence-corrected chi connectivity index (χ3v) is 3.20. The zero-order chi connectivity index (χ0) is 13.9. The Bertz CT molecular complexity index is 733. The van der Waals surface area contributed by atoms with Gasteiger partial charge in [-0.15, -0.1) is 0 Å². The van der Waals surface area contributed by atoms with E-state index in [-0.39, 0.29) is 5.75 Å². The van der Waals surface area contributed by atoms with Gasteiger partial charge in [0.15, 0.2) is 11.5 Å². The first-order chi connectivity index (χ1) is 9.78. The standard InChI is InChI=1S/C16H15NO3/c17-8-11-5-6-15-13(7-11)12(9-19-15)10-20-16-4-2-1-3-14(16)18/h1-7,9,18H,8,10,17H2. The SMILES string of the molecule is NCc1ccc2occ(COc3ccccc3O)c2c1. The molecule has 0 atom stereocenters. The molecule has 20 heavy (non-hydrogen) atoms. The van der Waals surface area contributed by atoms with Gasteiger partial charge in [-0.2, -0.15) is 0 Å². The predicted octanol–water partition coefficient (Wildman–Crippen LogP) is 3.18. The Labute approximate surface area is 116 Å². The zero-order valence-electron chi connectivity index (χ0n) is 10.9. The zero-order valence-corrected chi connectivity index (χ0v) is 10.9. The summed E-state index contributed by atoms with van der Waals surface area (Å²) in [6.45, 7) is 0.819. The maximum atomic E-state index is 9.67. The number of aromatic hydroxyl groups is 1. The molecule has 0 aliphatic rings. The molecule has 3 aromatic rings. The molecule has 3 rings (SSSR count). The maximum absolute atomic E-state index is 9.67. The van der Waals surface area contributed by atoms with E-state index in [1.54, 1.807) is 24.5 Å². The van der Waals surface area contributed by atoms with Crippen LogP contribution in [0.4, 0.5) is 0 Å². The molecule has 1 aromatic heterocycles. The minimum absolute atomic E-state index is 0.128. The summed E-state index contributed by atoms with van der Waals surface area (Å²) in [6, 6.07) is 12.7. The lowest BCUT2D eigenvalue weighted by atomic mass is 10.1. The van der Waals surface area contributed by atoms with E-state index in [0.29, 0.717) is 18.9 Å². The fourth-order valence-electron chi connectivity index (χ4n) is 2.10. The lowest BCUT2D eigenvalue weighted by Gasteiger charge is -2.06. The number of fused-ring (bicyclic) bond motifs is 1.